The van der Waals surface area contributed by atoms with Gasteiger partial charge in [0.05, 0.1) is 5.75 Å². The van der Waals surface area contributed by atoms with Gasteiger partial charge >= 0.3 is 0 Å². The summed E-state index contributed by atoms with van der Waals surface area (Å²) in [6.45, 7) is 7.45. The van der Waals surface area contributed by atoms with Gasteiger partial charge in [0, 0.05) is 24.7 Å². The van der Waals surface area contributed by atoms with Crippen LogP contribution in [0.25, 0.3) is 0 Å². The Morgan fingerprint density at radius 2 is 1.96 bits per heavy atom. The fraction of sp³-hybridized carbons (Fsp3) is 0.500. The lowest BCUT2D eigenvalue weighted by molar-refractivity contribution is -0.111. The number of carbonyl (C=O) groups is 1. The van der Waals surface area contributed by atoms with Crippen LogP contribution in [0.1, 0.15) is 39.7 Å². The molecule has 6 heteroatoms. The smallest absolute Gasteiger partial charge is 0.300 e. The average molecular weight is 350 g/mol. The molecule has 0 fully saturated rings. The highest BCUT2D eigenvalue weighted by Gasteiger charge is 2.28. The van der Waals surface area contributed by atoms with Gasteiger partial charge in [-0.1, -0.05) is 25.0 Å². The molecule has 0 radical (unpaired) electrons. The summed E-state index contributed by atoms with van der Waals surface area (Å²) in [5, 5.41) is 2.69. The normalized spacial score (nSPS) is 11.8. The van der Waals surface area contributed by atoms with Crippen LogP contribution in [-0.4, -0.2) is 37.0 Å². The molecular weight excluding hydrogens is 324 g/mol. The fourth-order valence-corrected chi connectivity index (χ4v) is 3.54. The van der Waals surface area contributed by atoms with Crippen LogP contribution in [0.5, 0.6) is 0 Å². The Morgan fingerprint density at radius 3 is 2.54 bits per heavy atom. The first-order valence-corrected chi connectivity index (χ1v) is 9.52. The van der Waals surface area contributed by atoms with Gasteiger partial charge in [-0.25, -0.2) is 8.42 Å². The van der Waals surface area contributed by atoms with E-state index in [4.69, 9.17) is 0 Å². The van der Waals surface area contributed by atoms with Gasteiger partial charge in [-0.15, -0.1) is 0 Å². The minimum atomic E-state index is -3.34. The van der Waals surface area contributed by atoms with Gasteiger partial charge in [-0.2, -0.15) is 4.31 Å². The Bertz CT molecular complexity index is 738. The fourth-order valence-electron chi connectivity index (χ4n) is 1.94. The lowest BCUT2D eigenvalue weighted by Crippen LogP contribution is -2.43. The molecule has 0 saturated carbocycles. The summed E-state index contributed by atoms with van der Waals surface area (Å²) in [4.78, 5) is 11.6. The van der Waals surface area contributed by atoms with Crippen molar-refractivity contribution >= 4 is 21.6 Å². The summed E-state index contributed by atoms with van der Waals surface area (Å²) in [7, 11) is -1.74. The third-order valence-electron chi connectivity index (χ3n) is 3.57. The predicted molar refractivity (Wildman–Crippen MR) is 98.1 cm³/mol. The van der Waals surface area contributed by atoms with E-state index >= 15 is 0 Å². The van der Waals surface area contributed by atoms with Gasteiger partial charge in [-0.3, -0.25) is 4.79 Å². The van der Waals surface area contributed by atoms with Gasteiger partial charge in [0.25, 0.3) is 5.91 Å². The summed E-state index contributed by atoms with van der Waals surface area (Å²) in [6, 6.07) is 7.17. The number of hydrogen-bond acceptors (Lipinski definition) is 3. The Hall–Kier alpha value is -1.84. The van der Waals surface area contributed by atoms with E-state index in [9.17, 15) is 13.2 Å². The van der Waals surface area contributed by atoms with Crippen LogP contribution < -0.4 is 5.32 Å². The van der Waals surface area contributed by atoms with Gasteiger partial charge in [0.1, 0.15) is 0 Å². The number of hydrogen-bond donors (Lipinski definition) is 1. The summed E-state index contributed by atoms with van der Waals surface area (Å²) in [6.07, 6.45) is 1.000. The van der Waals surface area contributed by atoms with Gasteiger partial charge in [-0.05, 0) is 50.8 Å². The largest absolute Gasteiger partial charge is 0.315 e. The number of amides is 1. The molecule has 1 amide bonds. The van der Waals surface area contributed by atoms with Crippen molar-refractivity contribution < 1.29 is 13.2 Å². The highest BCUT2D eigenvalue weighted by Crippen LogP contribution is 2.17. The van der Waals surface area contributed by atoms with Gasteiger partial charge in [0.15, 0.2) is 0 Å². The zero-order chi connectivity index (χ0) is 18.4. The van der Waals surface area contributed by atoms with Gasteiger partial charge < -0.3 is 5.32 Å². The average Bonchev–Trinajstić information content (AvgIpc) is 2.50. The molecule has 0 bridgehead atoms. The van der Waals surface area contributed by atoms with E-state index in [0.29, 0.717) is 18.5 Å². The summed E-state index contributed by atoms with van der Waals surface area (Å²) >= 11 is 0. The van der Waals surface area contributed by atoms with Crippen LogP contribution in [0.3, 0.4) is 0 Å². The SMILES string of the molecule is CCC#CC(=O)Nc1cccc(CCS(=O)(=O)N(C)C(C)(C)C)c1. The molecule has 24 heavy (non-hydrogen) atoms. The van der Waals surface area contributed by atoms with Crippen LogP contribution in [0, 0.1) is 11.8 Å². The molecule has 0 aliphatic heterocycles. The Balaban J connectivity index is 2.77. The molecule has 1 N–H and O–H groups in total. The number of nitrogens with zero attached hydrogens (tertiary/aromatic N) is 1. The number of rotatable bonds is 5. The van der Waals surface area contributed by atoms with Crippen molar-refractivity contribution in [2.24, 2.45) is 0 Å². The number of benzene rings is 1. The molecule has 0 aliphatic carbocycles. The number of sulfonamides is 1. The molecule has 0 unspecified atom stereocenters. The van der Waals surface area contributed by atoms with Crippen molar-refractivity contribution in [1.82, 2.24) is 4.31 Å². The quantitative estimate of drug-likeness (QED) is 0.830. The van der Waals surface area contributed by atoms with E-state index < -0.39 is 15.6 Å². The standard InChI is InChI=1S/C18H26N2O3S/c1-6-7-11-17(21)19-16-10-8-9-15(14-16)12-13-24(22,23)20(5)18(2,3)4/h8-10,14H,6,12-13H2,1-5H3,(H,19,21). The van der Waals surface area contributed by atoms with Crippen LogP contribution in [0.4, 0.5) is 5.69 Å². The van der Waals surface area contributed by atoms with Crippen molar-refractivity contribution in [3.8, 4) is 11.8 Å². The van der Waals surface area contributed by atoms with Gasteiger partial charge in [0.2, 0.25) is 10.0 Å². The Morgan fingerprint density at radius 1 is 1.29 bits per heavy atom. The minimum absolute atomic E-state index is 0.0216. The molecule has 0 heterocycles. The second-order valence-electron chi connectivity index (χ2n) is 6.51. The molecule has 0 aromatic heterocycles. The van der Waals surface area contributed by atoms with E-state index in [1.807, 2.05) is 33.8 Å². The molecule has 0 aliphatic rings. The third-order valence-corrected chi connectivity index (χ3v) is 5.68. The highest BCUT2D eigenvalue weighted by atomic mass is 32.2. The number of nitrogens with one attached hydrogen (secondary N) is 1. The minimum Gasteiger partial charge on any atom is -0.315 e. The first-order chi connectivity index (χ1) is 11.1. The number of aryl methyl sites for hydroxylation is 1. The van der Waals surface area contributed by atoms with Crippen LogP contribution in [0.15, 0.2) is 24.3 Å². The molecular formula is C18H26N2O3S. The van der Waals surface area contributed by atoms with E-state index in [2.05, 4.69) is 17.2 Å². The lowest BCUT2D eigenvalue weighted by Gasteiger charge is -2.30. The maximum atomic E-state index is 12.4. The summed E-state index contributed by atoms with van der Waals surface area (Å²) in [5.41, 5.74) is 1.01. The molecule has 0 saturated heterocycles. The van der Waals surface area contributed by atoms with Crippen LogP contribution >= 0.6 is 0 Å². The monoisotopic (exact) mass is 350 g/mol. The summed E-state index contributed by atoms with van der Waals surface area (Å²) in [5.74, 6) is 4.85. The van der Waals surface area contributed by atoms with E-state index in [1.54, 1.807) is 25.2 Å². The highest BCUT2D eigenvalue weighted by molar-refractivity contribution is 7.89. The summed E-state index contributed by atoms with van der Waals surface area (Å²) < 4.78 is 26.1. The molecule has 132 valence electrons. The lowest BCUT2D eigenvalue weighted by atomic mass is 10.1. The molecule has 5 nitrogen and oxygen atoms in total. The first kappa shape index (κ1) is 20.2. The molecule has 1 aromatic rings. The Kier molecular flexibility index (Phi) is 7.00. The topological polar surface area (TPSA) is 66.5 Å². The van der Waals surface area contributed by atoms with Crippen LogP contribution in [0.2, 0.25) is 0 Å². The predicted octanol–water partition coefficient (Wildman–Crippen LogP) is 2.64. The zero-order valence-corrected chi connectivity index (χ0v) is 15.8. The molecule has 1 aromatic carbocycles. The number of anilines is 1. The van der Waals surface area contributed by atoms with Crippen molar-refractivity contribution in [1.29, 1.82) is 0 Å². The second kappa shape index (κ2) is 8.32. The zero-order valence-electron chi connectivity index (χ0n) is 15.0. The van der Waals surface area contributed by atoms with E-state index in [1.165, 1.54) is 4.31 Å². The maximum Gasteiger partial charge on any atom is 0.300 e. The van der Waals surface area contributed by atoms with Crippen molar-refractivity contribution in [2.45, 2.75) is 46.1 Å². The van der Waals surface area contributed by atoms with E-state index in [0.717, 1.165) is 5.56 Å². The molecule has 1 rings (SSSR count). The first-order valence-electron chi connectivity index (χ1n) is 7.92. The molecule has 0 spiro atoms. The Labute approximate surface area is 145 Å². The van der Waals surface area contributed by atoms with E-state index in [-0.39, 0.29) is 11.7 Å². The van der Waals surface area contributed by atoms with Crippen molar-refractivity contribution in [2.75, 3.05) is 18.1 Å². The maximum absolute atomic E-state index is 12.4. The van der Waals surface area contributed by atoms with Crippen LogP contribution in [-0.2, 0) is 21.2 Å². The van der Waals surface area contributed by atoms with Crippen molar-refractivity contribution in [3.63, 3.8) is 0 Å². The third kappa shape index (κ3) is 6.34. The second-order valence-corrected chi connectivity index (χ2v) is 8.63. The van der Waals surface area contributed by atoms with Crippen molar-refractivity contribution in [3.05, 3.63) is 29.8 Å². The molecule has 0 atom stereocenters. The number of carbonyl (C=O) groups excluding carboxylic acids is 1.